The number of carboxylic acids is 1. The first-order valence-corrected chi connectivity index (χ1v) is 12.3. The summed E-state index contributed by atoms with van der Waals surface area (Å²) in [5.41, 5.74) is 6.91. The van der Waals surface area contributed by atoms with Crippen molar-refractivity contribution in [2.75, 3.05) is 13.7 Å². The van der Waals surface area contributed by atoms with Crippen LogP contribution in [0.4, 0.5) is 13.2 Å². The number of β-lactam (4-membered cyclic amide) rings is 1. The third-order valence-electron chi connectivity index (χ3n) is 5.49. The van der Waals surface area contributed by atoms with Crippen LogP contribution in [0.5, 0.6) is 5.75 Å². The van der Waals surface area contributed by atoms with Gasteiger partial charge in [0.2, 0.25) is 15.9 Å². The highest BCUT2D eigenvalue weighted by molar-refractivity contribution is 7.89. The van der Waals surface area contributed by atoms with Gasteiger partial charge in [-0.1, -0.05) is 30.3 Å². The summed E-state index contributed by atoms with van der Waals surface area (Å²) in [5, 5.41) is 16.3. The van der Waals surface area contributed by atoms with Crippen LogP contribution < -0.4 is 15.2 Å². The number of alkyl halides is 3. The molecule has 38 heavy (non-hydrogen) atoms. The number of carbonyl (C=O) groups is 2. The van der Waals surface area contributed by atoms with E-state index >= 15 is 0 Å². The molecule has 0 saturated carbocycles. The molecule has 4 rings (SSSR count). The van der Waals surface area contributed by atoms with Crippen LogP contribution in [-0.2, 0) is 26.2 Å². The van der Waals surface area contributed by atoms with Crippen molar-refractivity contribution in [2.45, 2.75) is 23.7 Å². The van der Waals surface area contributed by atoms with Crippen molar-refractivity contribution in [1.29, 1.82) is 5.41 Å². The molecule has 0 aromatic heterocycles. The monoisotopic (exact) mass is 552 g/mol. The number of likely N-dealkylation sites (tertiary alicyclic amines) is 1. The number of halogens is 3. The zero-order chi connectivity index (χ0) is 28.3. The molecule has 202 valence electrons. The minimum atomic E-state index is -5.08. The van der Waals surface area contributed by atoms with E-state index in [2.05, 4.69) is 4.72 Å². The Kier molecular flexibility index (Phi) is 8.27. The Morgan fingerprint density at radius 1 is 1.16 bits per heavy atom. The van der Waals surface area contributed by atoms with Crippen molar-refractivity contribution in [1.82, 2.24) is 9.62 Å². The number of carboxylic acid groups (broad SMARTS) is 1. The molecule has 1 heterocycles. The highest BCUT2D eigenvalue weighted by Gasteiger charge is 2.39. The smallest absolute Gasteiger partial charge is 0.490 e. The second kappa shape index (κ2) is 11.1. The summed E-state index contributed by atoms with van der Waals surface area (Å²) in [5.74, 6) is -2.46. The van der Waals surface area contributed by atoms with E-state index in [0.717, 1.165) is 16.3 Å². The molecule has 1 aliphatic rings. The Morgan fingerprint density at radius 3 is 2.39 bits per heavy atom. The van der Waals surface area contributed by atoms with Gasteiger partial charge in [-0.2, -0.15) is 17.9 Å². The summed E-state index contributed by atoms with van der Waals surface area (Å²) in [6, 6.07) is 16.5. The number of amides is 1. The number of benzene rings is 3. The molecule has 14 heteroatoms. The van der Waals surface area contributed by atoms with Crippen LogP contribution >= 0.6 is 0 Å². The van der Waals surface area contributed by atoms with E-state index in [1.807, 2.05) is 18.2 Å². The number of nitrogens with two attached hydrogens (primary N) is 1. The molecule has 0 aliphatic carbocycles. The molecular formula is C24H23F3N4O6S. The number of methoxy groups -OCH3 is 1. The van der Waals surface area contributed by atoms with Crippen LogP contribution in [-0.4, -0.2) is 62.0 Å². The van der Waals surface area contributed by atoms with Gasteiger partial charge in [0.05, 0.1) is 12.0 Å². The largest absolute Gasteiger partial charge is 0.497 e. The van der Waals surface area contributed by atoms with Crippen molar-refractivity contribution in [3.63, 3.8) is 0 Å². The number of hydrogen-bond acceptors (Lipinski definition) is 6. The molecule has 1 aliphatic heterocycles. The third kappa shape index (κ3) is 6.77. The van der Waals surface area contributed by atoms with E-state index in [9.17, 15) is 26.4 Å². The van der Waals surface area contributed by atoms with Gasteiger partial charge < -0.3 is 20.5 Å². The third-order valence-corrected chi connectivity index (χ3v) is 6.96. The fourth-order valence-electron chi connectivity index (χ4n) is 3.54. The Bertz CT molecular complexity index is 1490. The number of hydrogen-bond donors (Lipinski definition) is 4. The number of carbonyl (C=O) groups excluding carboxylic acids is 1. The van der Waals surface area contributed by atoms with Gasteiger partial charge in [0.1, 0.15) is 17.6 Å². The molecule has 1 saturated heterocycles. The molecule has 1 amide bonds. The Labute approximate surface area is 215 Å². The maximum Gasteiger partial charge on any atom is 0.490 e. The minimum absolute atomic E-state index is 0.0459. The SMILES string of the molecule is COc1ccc2ccc(S(=O)(=O)N[C@H]3CN(Cc4cccc(C(=N)N)c4)C3=O)cc2c1.O=C(O)C(F)(F)F. The summed E-state index contributed by atoms with van der Waals surface area (Å²) in [4.78, 5) is 23.0. The standard InChI is InChI=1S/C22H22N4O4S.C2HF3O2/c1-30-18-7-5-15-6-8-19(11-17(15)10-18)31(28,29)25-20-13-26(22(20)27)12-14-3-2-4-16(9-14)21(23)24;3-2(4,5)1(6)7/h2-11,20,25H,12-13H2,1H3,(H3,23,24);(H,6,7)/t20-;/m0./s1. The van der Waals surface area contributed by atoms with Crippen molar-refractivity contribution in [3.05, 3.63) is 71.8 Å². The Hall–Kier alpha value is -4.17. The summed E-state index contributed by atoms with van der Waals surface area (Å²) in [6.45, 7) is 0.595. The fraction of sp³-hybridized carbons (Fsp3) is 0.208. The molecule has 0 bridgehead atoms. The van der Waals surface area contributed by atoms with E-state index in [1.165, 1.54) is 6.07 Å². The first-order valence-electron chi connectivity index (χ1n) is 10.8. The highest BCUT2D eigenvalue weighted by Crippen LogP contribution is 2.25. The molecule has 1 fully saturated rings. The number of rotatable bonds is 7. The van der Waals surface area contributed by atoms with Crippen LogP contribution in [0.25, 0.3) is 10.8 Å². The number of amidine groups is 1. The van der Waals surface area contributed by atoms with Crippen molar-refractivity contribution in [2.24, 2.45) is 5.73 Å². The average molecular weight is 553 g/mol. The van der Waals surface area contributed by atoms with E-state index < -0.39 is 28.2 Å². The molecule has 0 unspecified atom stereocenters. The molecule has 0 spiro atoms. The van der Waals surface area contributed by atoms with Gasteiger partial charge in [0.15, 0.2) is 0 Å². The molecule has 1 atom stereocenters. The molecule has 0 radical (unpaired) electrons. The number of aliphatic carboxylic acids is 1. The van der Waals surface area contributed by atoms with Gasteiger partial charge in [-0.05, 0) is 46.7 Å². The van der Waals surface area contributed by atoms with Crippen LogP contribution in [0.2, 0.25) is 0 Å². The van der Waals surface area contributed by atoms with E-state index in [4.69, 9.17) is 25.8 Å². The van der Waals surface area contributed by atoms with E-state index in [-0.39, 0.29) is 23.2 Å². The number of sulfonamides is 1. The first-order chi connectivity index (χ1) is 17.7. The number of ether oxygens (including phenoxy) is 1. The van der Waals surface area contributed by atoms with Crippen LogP contribution in [0.15, 0.2) is 65.6 Å². The van der Waals surface area contributed by atoms with Crippen molar-refractivity contribution in [3.8, 4) is 5.75 Å². The lowest BCUT2D eigenvalue weighted by molar-refractivity contribution is -0.192. The predicted molar refractivity (Wildman–Crippen MR) is 131 cm³/mol. The van der Waals surface area contributed by atoms with Gasteiger partial charge in [0.25, 0.3) is 0 Å². The van der Waals surface area contributed by atoms with Crippen molar-refractivity contribution >= 4 is 38.5 Å². The first kappa shape index (κ1) is 28.4. The van der Waals surface area contributed by atoms with Gasteiger partial charge >= 0.3 is 12.1 Å². The summed E-state index contributed by atoms with van der Waals surface area (Å²) in [7, 11) is -2.31. The van der Waals surface area contributed by atoms with Crippen LogP contribution in [0.3, 0.4) is 0 Å². The molecular weight excluding hydrogens is 529 g/mol. The van der Waals surface area contributed by atoms with Crippen LogP contribution in [0, 0.1) is 5.41 Å². The summed E-state index contributed by atoms with van der Waals surface area (Å²) in [6.07, 6.45) is -5.08. The average Bonchev–Trinajstić information content (AvgIpc) is 2.87. The zero-order valence-electron chi connectivity index (χ0n) is 19.8. The normalized spacial score (nSPS) is 15.3. The lowest BCUT2D eigenvalue weighted by Crippen LogP contribution is -2.63. The highest BCUT2D eigenvalue weighted by atomic mass is 32.2. The van der Waals surface area contributed by atoms with Crippen molar-refractivity contribution < 1.29 is 41.0 Å². The Morgan fingerprint density at radius 2 is 1.82 bits per heavy atom. The summed E-state index contributed by atoms with van der Waals surface area (Å²) >= 11 is 0. The topological polar surface area (TPSA) is 163 Å². The number of nitrogens with zero attached hydrogens (tertiary/aromatic N) is 1. The predicted octanol–water partition coefficient (Wildman–Crippen LogP) is 2.46. The lowest BCUT2D eigenvalue weighted by atomic mass is 10.1. The molecule has 3 aromatic carbocycles. The summed E-state index contributed by atoms with van der Waals surface area (Å²) < 4.78 is 65.1. The Balaban J connectivity index is 0.000000505. The van der Waals surface area contributed by atoms with Gasteiger partial charge in [0, 0.05) is 18.7 Å². The van der Waals surface area contributed by atoms with Crippen LogP contribution in [0.1, 0.15) is 11.1 Å². The van der Waals surface area contributed by atoms with Gasteiger partial charge in [-0.25, -0.2) is 13.2 Å². The molecule has 10 nitrogen and oxygen atoms in total. The molecule has 3 aromatic rings. The second-order valence-electron chi connectivity index (χ2n) is 8.18. The maximum absolute atomic E-state index is 12.8. The quantitative estimate of drug-likeness (QED) is 0.199. The van der Waals surface area contributed by atoms with Gasteiger partial charge in [-0.15, -0.1) is 0 Å². The maximum atomic E-state index is 12.8. The lowest BCUT2D eigenvalue weighted by Gasteiger charge is -2.38. The number of nitrogen functional groups attached to an aromatic ring is 1. The van der Waals surface area contributed by atoms with E-state index in [0.29, 0.717) is 17.9 Å². The zero-order valence-corrected chi connectivity index (χ0v) is 20.6. The minimum Gasteiger partial charge on any atom is -0.497 e. The molecule has 5 N–H and O–H groups in total. The fourth-order valence-corrected chi connectivity index (χ4v) is 4.75. The number of nitrogens with one attached hydrogen (secondary N) is 2. The van der Waals surface area contributed by atoms with E-state index in [1.54, 1.807) is 48.4 Å². The number of fused-ring (bicyclic) bond motifs is 1. The van der Waals surface area contributed by atoms with Gasteiger partial charge in [-0.3, -0.25) is 10.2 Å². The second-order valence-corrected chi connectivity index (χ2v) is 9.90.